The molecule has 6 nitrogen and oxygen atoms in total. The highest BCUT2D eigenvalue weighted by Gasteiger charge is 2.27. The molecule has 1 saturated heterocycles. The molecule has 158 valence electrons. The van der Waals surface area contributed by atoms with E-state index in [1.165, 1.54) is 0 Å². The number of nitrogens with zero attached hydrogens (tertiary/aromatic N) is 2. The van der Waals surface area contributed by atoms with Crippen molar-refractivity contribution >= 4 is 34.5 Å². The number of carbonyl (C=O) groups is 2. The van der Waals surface area contributed by atoms with Gasteiger partial charge in [0, 0.05) is 36.7 Å². The number of hydrogen-bond donors (Lipinski definition) is 1. The summed E-state index contributed by atoms with van der Waals surface area (Å²) in [6, 6.07) is 17.1. The molecule has 1 fully saturated rings. The number of benzene rings is 2. The fourth-order valence-corrected chi connectivity index (χ4v) is 3.85. The summed E-state index contributed by atoms with van der Waals surface area (Å²) in [6.07, 6.45) is 6.41. The number of pyridine rings is 1. The zero-order chi connectivity index (χ0) is 21.6. The third-order valence-corrected chi connectivity index (χ3v) is 5.61. The third kappa shape index (κ3) is 4.74. The number of hydrogen-bond acceptors (Lipinski definition) is 4. The first-order valence-electron chi connectivity index (χ1n) is 10.4. The molecule has 4 rings (SSSR count). The summed E-state index contributed by atoms with van der Waals surface area (Å²) in [5.41, 5.74) is 2.43. The number of fused-ring (bicyclic) bond motifs is 1. The predicted octanol–water partition coefficient (Wildman–Crippen LogP) is 4.13. The van der Waals surface area contributed by atoms with Crippen molar-refractivity contribution in [2.24, 2.45) is 5.92 Å². The second-order valence-electron chi connectivity index (χ2n) is 7.55. The van der Waals surface area contributed by atoms with Crippen LogP contribution in [0.25, 0.3) is 17.0 Å². The van der Waals surface area contributed by atoms with Crippen LogP contribution in [0.4, 0.5) is 5.69 Å². The molecule has 2 amide bonds. The van der Waals surface area contributed by atoms with E-state index in [-0.39, 0.29) is 17.7 Å². The first-order chi connectivity index (χ1) is 15.2. The van der Waals surface area contributed by atoms with Crippen molar-refractivity contribution in [3.8, 4) is 5.75 Å². The Balaban J connectivity index is 1.36. The monoisotopic (exact) mass is 415 g/mol. The summed E-state index contributed by atoms with van der Waals surface area (Å²) < 4.78 is 5.37. The largest absolute Gasteiger partial charge is 0.494 e. The average Bonchev–Trinajstić information content (AvgIpc) is 2.83. The van der Waals surface area contributed by atoms with E-state index in [2.05, 4.69) is 10.3 Å². The minimum Gasteiger partial charge on any atom is -0.494 e. The second-order valence-corrected chi connectivity index (χ2v) is 7.55. The zero-order valence-electron chi connectivity index (χ0n) is 17.5. The topological polar surface area (TPSA) is 71.5 Å². The summed E-state index contributed by atoms with van der Waals surface area (Å²) in [6.45, 7) is 1.14. The van der Waals surface area contributed by atoms with Crippen molar-refractivity contribution in [1.82, 2.24) is 9.88 Å². The smallest absolute Gasteiger partial charge is 0.246 e. The van der Waals surface area contributed by atoms with E-state index in [0.717, 1.165) is 16.6 Å². The molecular formula is C25H25N3O3. The van der Waals surface area contributed by atoms with Crippen LogP contribution < -0.4 is 10.1 Å². The lowest BCUT2D eigenvalue weighted by molar-refractivity contribution is -0.130. The maximum Gasteiger partial charge on any atom is 0.246 e. The molecular weight excluding hydrogens is 390 g/mol. The van der Waals surface area contributed by atoms with Crippen molar-refractivity contribution in [2.45, 2.75) is 12.8 Å². The molecule has 1 aromatic heterocycles. The van der Waals surface area contributed by atoms with Gasteiger partial charge in [0.2, 0.25) is 11.8 Å². The Morgan fingerprint density at radius 1 is 1.06 bits per heavy atom. The van der Waals surface area contributed by atoms with Crippen LogP contribution in [0.5, 0.6) is 5.75 Å². The van der Waals surface area contributed by atoms with Gasteiger partial charge in [0.05, 0.1) is 12.8 Å². The maximum absolute atomic E-state index is 12.9. The van der Waals surface area contributed by atoms with E-state index in [0.29, 0.717) is 37.2 Å². The van der Waals surface area contributed by atoms with Crippen LogP contribution in [-0.2, 0) is 9.59 Å². The molecule has 1 aliphatic heterocycles. The van der Waals surface area contributed by atoms with Crippen LogP contribution in [0.15, 0.2) is 66.9 Å². The minimum absolute atomic E-state index is 0.0186. The van der Waals surface area contributed by atoms with Crippen molar-refractivity contribution < 1.29 is 14.3 Å². The highest BCUT2D eigenvalue weighted by molar-refractivity contribution is 6.03. The van der Waals surface area contributed by atoms with E-state index in [1.54, 1.807) is 24.3 Å². The summed E-state index contributed by atoms with van der Waals surface area (Å²) >= 11 is 0. The third-order valence-electron chi connectivity index (χ3n) is 5.61. The number of anilines is 1. The Labute approximate surface area is 181 Å². The van der Waals surface area contributed by atoms with Gasteiger partial charge < -0.3 is 15.0 Å². The fraction of sp³-hybridized carbons (Fsp3) is 0.240. The molecule has 3 aromatic rings. The van der Waals surface area contributed by atoms with E-state index in [1.807, 2.05) is 60.7 Å². The van der Waals surface area contributed by atoms with E-state index < -0.39 is 0 Å². The molecule has 2 aromatic carbocycles. The predicted molar refractivity (Wildman–Crippen MR) is 122 cm³/mol. The molecule has 2 heterocycles. The number of aromatic nitrogens is 1. The highest BCUT2D eigenvalue weighted by Crippen LogP contribution is 2.30. The number of carbonyl (C=O) groups excluding carboxylic acids is 2. The van der Waals surface area contributed by atoms with Gasteiger partial charge in [-0.05, 0) is 48.7 Å². The summed E-state index contributed by atoms with van der Waals surface area (Å²) in [5.74, 6) is 0.497. The Bertz CT molecular complexity index is 1100. The molecule has 6 heteroatoms. The van der Waals surface area contributed by atoms with Crippen molar-refractivity contribution in [3.63, 3.8) is 0 Å². The SMILES string of the molecule is COc1ccc(NC(=O)C2CCN(C(=O)C=Cc3ccccc3)CC2)c2cccnc12. The van der Waals surface area contributed by atoms with E-state index in [4.69, 9.17) is 4.74 Å². The minimum atomic E-state index is -0.129. The molecule has 0 radical (unpaired) electrons. The maximum atomic E-state index is 12.9. The van der Waals surface area contributed by atoms with Gasteiger partial charge in [0.1, 0.15) is 11.3 Å². The lowest BCUT2D eigenvalue weighted by atomic mass is 9.95. The van der Waals surface area contributed by atoms with Crippen LogP contribution in [0.3, 0.4) is 0 Å². The van der Waals surface area contributed by atoms with E-state index >= 15 is 0 Å². The number of amides is 2. The van der Waals surface area contributed by atoms with Crippen LogP contribution in [-0.4, -0.2) is 41.9 Å². The first-order valence-corrected chi connectivity index (χ1v) is 10.4. The standard InChI is InChI=1S/C25H25N3O3/c1-31-22-11-10-21(20-8-5-15-26-24(20)22)27-25(30)19-13-16-28(17-14-19)23(29)12-9-18-6-3-2-4-7-18/h2-12,15,19H,13-14,16-17H2,1H3,(H,27,30). The molecule has 0 aliphatic carbocycles. The van der Waals surface area contributed by atoms with Gasteiger partial charge in [-0.2, -0.15) is 0 Å². The first kappa shape index (κ1) is 20.6. The molecule has 0 saturated carbocycles. The molecule has 1 N–H and O–H groups in total. The van der Waals surface area contributed by atoms with Gasteiger partial charge in [-0.25, -0.2) is 0 Å². The Morgan fingerprint density at radius 3 is 2.58 bits per heavy atom. The molecule has 31 heavy (non-hydrogen) atoms. The number of ether oxygens (including phenoxy) is 1. The van der Waals surface area contributed by atoms with Gasteiger partial charge in [0.25, 0.3) is 0 Å². The highest BCUT2D eigenvalue weighted by atomic mass is 16.5. The number of nitrogens with one attached hydrogen (secondary N) is 1. The Morgan fingerprint density at radius 2 is 1.84 bits per heavy atom. The Hall–Kier alpha value is -3.67. The van der Waals surface area contributed by atoms with Gasteiger partial charge in [0.15, 0.2) is 0 Å². The van der Waals surface area contributed by atoms with Gasteiger partial charge in [-0.15, -0.1) is 0 Å². The number of rotatable bonds is 5. The van der Waals surface area contributed by atoms with Crippen molar-refractivity contribution in [3.05, 3.63) is 72.4 Å². The zero-order valence-corrected chi connectivity index (χ0v) is 17.5. The van der Waals surface area contributed by atoms with Crippen LogP contribution >= 0.6 is 0 Å². The quantitative estimate of drug-likeness (QED) is 0.636. The van der Waals surface area contributed by atoms with Gasteiger partial charge in [-0.1, -0.05) is 30.3 Å². The lowest BCUT2D eigenvalue weighted by Gasteiger charge is -2.30. The molecule has 0 atom stereocenters. The number of methoxy groups -OCH3 is 1. The van der Waals surface area contributed by atoms with Gasteiger partial charge >= 0.3 is 0 Å². The Kier molecular flexibility index (Phi) is 6.26. The molecule has 1 aliphatic rings. The molecule has 0 bridgehead atoms. The lowest BCUT2D eigenvalue weighted by Crippen LogP contribution is -2.40. The van der Waals surface area contributed by atoms with Crippen LogP contribution in [0.2, 0.25) is 0 Å². The van der Waals surface area contributed by atoms with E-state index in [9.17, 15) is 9.59 Å². The second kappa shape index (κ2) is 9.43. The summed E-state index contributed by atoms with van der Waals surface area (Å²) in [5, 5.41) is 3.89. The average molecular weight is 415 g/mol. The van der Waals surface area contributed by atoms with Crippen molar-refractivity contribution in [1.29, 1.82) is 0 Å². The summed E-state index contributed by atoms with van der Waals surface area (Å²) in [7, 11) is 1.60. The number of piperidine rings is 1. The molecule has 0 spiro atoms. The number of likely N-dealkylation sites (tertiary alicyclic amines) is 1. The normalized spacial score (nSPS) is 14.7. The van der Waals surface area contributed by atoms with Crippen LogP contribution in [0, 0.1) is 5.92 Å². The van der Waals surface area contributed by atoms with Crippen LogP contribution in [0.1, 0.15) is 18.4 Å². The fourth-order valence-electron chi connectivity index (χ4n) is 3.85. The van der Waals surface area contributed by atoms with Crippen molar-refractivity contribution in [2.75, 3.05) is 25.5 Å². The van der Waals surface area contributed by atoms with Gasteiger partial charge in [-0.3, -0.25) is 14.6 Å². The molecule has 0 unspecified atom stereocenters. The summed E-state index contributed by atoms with van der Waals surface area (Å²) in [4.78, 5) is 31.5.